The Balaban J connectivity index is 5.15. The lowest BCUT2D eigenvalue weighted by atomic mass is 10.1. The van der Waals surface area contributed by atoms with Crippen LogP contribution in [-0.2, 0) is 4.79 Å². The summed E-state index contributed by atoms with van der Waals surface area (Å²) in [5.41, 5.74) is -0.266. The van der Waals surface area contributed by atoms with Gasteiger partial charge in [0.1, 0.15) is 5.83 Å². The van der Waals surface area contributed by atoms with E-state index in [0.29, 0.717) is 0 Å². The molecule has 0 aromatic heterocycles. The van der Waals surface area contributed by atoms with Gasteiger partial charge in [0.15, 0.2) is 5.78 Å². The lowest BCUT2D eigenvalue weighted by Gasteiger charge is -1.98. The monoisotopic (exact) mass is 164 g/mol. The van der Waals surface area contributed by atoms with Gasteiger partial charge in [-0.15, -0.1) is 6.42 Å². The topological polar surface area (TPSA) is 17.1 Å². The molecule has 0 amide bonds. The highest BCUT2D eigenvalue weighted by Crippen LogP contribution is 2.15. The molecule has 0 aliphatic carbocycles. The maximum Gasteiger partial charge on any atom is 0.162 e. The summed E-state index contributed by atoms with van der Waals surface area (Å²) in [7, 11) is 0. The van der Waals surface area contributed by atoms with Gasteiger partial charge in [-0.25, -0.2) is 4.39 Å². The second-order valence-corrected chi connectivity index (χ2v) is 2.11. The van der Waals surface area contributed by atoms with Crippen molar-refractivity contribution in [2.45, 2.75) is 6.92 Å². The fraction of sp³-hybridized carbons (Fsp3) is 0.100. The van der Waals surface area contributed by atoms with Gasteiger partial charge in [0, 0.05) is 0 Å². The second kappa shape index (κ2) is 4.30. The summed E-state index contributed by atoms with van der Waals surface area (Å²) in [6.45, 7) is 7.78. The third kappa shape index (κ3) is 2.21. The van der Waals surface area contributed by atoms with E-state index >= 15 is 0 Å². The number of carbonyl (C=O) groups excluding carboxylic acids is 1. The van der Waals surface area contributed by atoms with Crippen molar-refractivity contribution >= 4 is 5.78 Å². The van der Waals surface area contributed by atoms with E-state index in [9.17, 15) is 9.18 Å². The van der Waals surface area contributed by atoms with Gasteiger partial charge < -0.3 is 0 Å². The van der Waals surface area contributed by atoms with Gasteiger partial charge in [-0.2, -0.15) is 0 Å². The highest BCUT2D eigenvalue weighted by Gasteiger charge is 2.09. The molecule has 62 valence electrons. The molecule has 0 atom stereocenters. The number of Topliss-reactive ketones (excluding diaryl/α,β-unsaturated/α-hetero) is 1. The van der Waals surface area contributed by atoms with Crippen molar-refractivity contribution in [3.63, 3.8) is 0 Å². The van der Waals surface area contributed by atoms with Crippen LogP contribution in [0.1, 0.15) is 6.92 Å². The van der Waals surface area contributed by atoms with Crippen molar-refractivity contribution in [3.05, 3.63) is 36.2 Å². The average molecular weight is 164 g/mol. The first-order valence-corrected chi connectivity index (χ1v) is 3.23. The fourth-order valence-electron chi connectivity index (χ4n) is 0.614. The number of halogens is 1. The number of terminal acetylenes is 1. The van der Waals surface area contributed by atoms with Gasteiger partial charge in [0.2, 0.25) is 0 Å². The predicted octanol–water partition coefficient (Wildman–Crippen LogP) is 2.17. The van der Waals surface area contributed by atoms with E-state index in [0.717, 1.165) is 6.08 Å². The van der Waals surface area contributed by atoms with Crippen molar-refractivity contribution < 1.29 is 9.18 Å². The summed E-state index contributed by atoms with van der Waals surface area (Å²) in [4.78, 5) is 10.8. The maximum absolute atomic E-state index is 13.1. The molecule has 0 aromatic rings. The van der Waals surface area contributed by atoms with Crippen LogP contribution in [0.2, 0.25) is 0 Å². The minimum absolute atomic E-state index is 0.127. The molecule has 0 radical (unpaired) electrons. The van der Waals surface area contributed by atoms with E-state index in [1.54, 1.807) is 0 Å². The van der Waals surface area contributed by atoms with Crippen LogP contribution in [-0.4, -0.2) is 5.78 Å². The molecule has 0 saturated heterocycles. The quantitative estimate of drug-likeness (QED) is 0.355. The van der Waals surface area contributed by atoms with Gasteiger partial charge in [-0.3, -0.25) is 4.79 Å². The van der Waals surface area contributed by atoms with E-state index in [2.05, 4.69) is 13.2 Å². The summed E-state index contributed by atoms with van der Waals surface area (Å²) in [5, 5.41) is 0. The molecule has 0 rings (SSSR count). The molecular formula is C10H9FO. The summed E-state index contributed by atoms with van der Waals surface area (Å²) in [6.07, 6.45) is 6.02. The maximum atomic E-state index is 13.1. The molecule has 0 heterocycles. The van der Waals surface area contributed by atoms with Crippen molar-refractivity contribution in [2.75, 3.05) is 0 Å². The van der Waals surface area contributed by atoms with Gasteiger partial charge in [0.25, 0.3) is 0 Å². The van der Waals surface area contributed by atoms with E-state index in [-0.39, 0.29) is 11.1 Å². The molecular weight excluding hydrogens is 155 g/mol. The van der Waals surface area contributed by atoms with Crippen LogP contribution in [0, 0.1) is 12.3 Å². The van der Waals surface area contributed by atoms with Crippen LogP contribution >= 0.6 is 0 Å². The second-order valence-electron chi connectivity index (χ2n) is 2.11. The Morgan fingerprint density at radius 3 is 2.42 bits per heavy atom. The van der Waals surface area contributed by atoms with Crippen LogP contribution < -0.4 is 0 Å². The Kier molecular flexibility index (Phi) is 3.72. The highest BCUT2D eigenvalue weighted by atomic mass is 19.1. The number of carbonyl (C=O) groups is 1. The van der Waals surface area contributed by atoms with E-state index < -0.39 is 11.6 Å². The van der Waals surface area contributed by atoms with Crippen molar-refractivity contribution in [1.29, 1.82) is 0 Å². The Labute approximate surface area is 71.3 Å². The molecule has 0 N–H and O–H groups in total. The molecule has 0 saturated carbocycles. The largest absolute Gasteiger partial charge is 0.294 e. The van der Waals surface area contributed by atoms with E-state index in [4.69, 9.17) is 6.42 Å². The predicted molar refractivity (Wildman–Crippen MR) is 47.0 cm³/mol. The molecule has 0 bridgehead atoms. The lowest BCUT2D eigenvalue weighted by molar-refractivity contribution is -0.113. The highest BCUT2D eigenvalue weighted by molar-refractivity contribution is 5.97. The van der Waals surface area contributed by atoms with Crippen LogP contribution in [0.25, 0.3) is 0 Å². The number of hydrogen-bond donors (Lipinski definition) is 0. The standard InChI is InChI=1S/C10H9FO/c1-5-7(3)10(11)9(6-2)8(4)12/h1,6H,2-3H2,4H3/b10-9-. The Morgan fingerprint density at radius 2 is 2.17 bits per heavy atom. The molecule has 0 spiro atoms. The smallest absolute Gasteiger partial charge is 0.162 e. The third-order valence-electron chi connectivity index (χ3n) is 1.26. The summed E-state index contributed by atoms with van der Waals surface area (Å²) >= 11 is 0. The number of hydrogen-bond acceptors (Lipinski definition) is 1. The molecule has 0 unspecified atom stereocenters. The number of rotatable bonds is 3. The minimum Gasteiger partial charge on any atom is -0.294 e. The zero-order chi connectivity index (χ0) is 9.72. The van der Waals surface area contributed by atoms with E-state index in [1.165, 1.54) is 6.92 Å². The minimum atomic E-state index is -0.778. The van der Waals surface area contributed by atoms with Crippen LogP contribution in [0.4, 0.5) is 4.39 Å². The third-order valence-corrected chi connectivity index (χ3v) is 1.26. The first-order valence-electron chi connectivity index (χ1n) is 3.23. The first-order chi connectivity index (χ1) is 5.54. The van der Waals surface area contributed by atoms with Gasteiger partial charge in [0.05, 0.1) is 11.1 Å². The summed E-state index contributed by atoms with van der Waals surface area (Å²) in [5.74, 6) is 0.812. The summed E-state index contributed by atoms with van der Waals surface area (Å²) in [6, 6.07) is 0. The Bertz CT molecular complexity index is 302. The van der Waals surface area contributed by atoms with Gasteiger partial charge in [-0.05, 0) is 6.92 Å². The van der Waals surface area contributed by atoms with Crippen LogP contribution in [0.5, 0.6) is 0 Å². The van der Waals surface area contributed by atoms with Crippen molar-refractivity contribution in [2.24, 2.45) is 0 Å². The molecule has 0 aromatic carbocycles. The zero-order valence-corrected chi connectivity index (χ0v) is 6.86. The number of allylic oxidation sites excluding steroid dienone is 4. The fourth-order valence-corrected chi connectivity index (χ4v) is 0.614. The summed E-state index contributed by atoms with van der Waals surface area (Å²) < 4.78 is 13.1. The number of ketones is 1. The molecule has 2 heteroatoms. The zero-order valence-electron chi connectivity index (χ0n) is 6.86. The van der Waals surface area contributed by atoms with Gasteiger partial charge in [-0.1, -0.05) is 25.2 Å². The van der Waals surface area contributed by atoms with Crippen LogP contribution in [0.3, 0.4) is 0 Å². The normalized spacial score (nSPS) is 11.1. The molecule has 12 heavy (non-hydrogen) atoms. The Morgan fingerprint density at radius 1 is 1.67 bits per heavy atom. The van der Waals surface area contributed by atoms with Gasteiger partial charge >= 0.3 is 0 Å². The molecule has 0 fully saturated rings. The van der Waals surface area contributed by atoms with Crippen LogP contribution in [0.15, 0.2) is 36.2 Å². The molecule has 1 nitrogen and oxygen atoms in total. The average Bonchev–Trinajstić information content (AvgIpc) is 2.03. The van der Waals surface area contributed by atoms with Crippen molar-refractivity contribution in [1.82, 2.24) is 0 Å². The lowest BCUT2D eigenvalue weighted by Crippen LogP contribution is -1.97. The van der Waals surface area contributed by atoms with Crippen molar-refractivity contribution in [3.8, 4) is 12.3 Å². The molecule has 0 aliphatic heterocycles. The SMILES string of the molecule is C#CC(=C)/C(F)=C(\C=C)C(C)=O. The molecule has 0 aliphatic rings. The Hall–Kier alpha value is -1.62. The van der Waals surface area contributed by atoms with E-state index in [1.807, 2.05) is 5.92 Å². The first kappa shape index (κ1) is 10.4.